The van der Waals surface area contributed by atoms with Crippen molar-refractivity contribution >= 4 is 5.82 Å². The van der Waals surface area contributed by atoms with Crippen LogP contribution in [0.3, 0.4) is 0 Å². The smallest absolute Gasteiger partial charge is 0.258 e. The van der Waals surface area contributed by atoms with Crippen LogP contribution in [0, 0.1) is 0 Å². The van der Waals surface area contributed by atoms with Crippen molar-refractivity contribution in [2.75, 3.05) is 25.9 Å². The van der Waals surface area contributed by atoms with Crippen LogP contribution in [0.4, 0.5) is 5.82 Å². The van der Waals surface area contributed by atoms with Gasteiger partial charge in [0.2, 0.25) is 5.82 Å². The van der Waals surface area contributed by atoms with Gasteiger partial charge in [0, 0.05) is 29.1 Å². The highest BCUT2D eigenvalue weighted by Crippen LogP contribution is 2.30. The fourth-order valence-corrected chi connectivity index (χ4v) is 3.79. The fraction of sp³-hybridized carbons (Fsp3) is 0.273. The van der Waals surface area contributed by atoms with E-state index in [1.54, 1.807) is 6.20 Å². The molecule has 1 saturated heterocycles. The first-order chi connectivity index (χ1) is 14.7. The van der Waals surface area contributed by atoms with Crippen molar-refractivity contribution in [2.24, 2.45) is 0 Å². The highest BCUT2D eigenvalue weighted by Gasteiger charge is 2.20. The van der Waals surface area contributed by atoms with E-state index in [4.69, 9.17) is 10.3 Å². The van der Waals surface area contributed by atoms with Gasteiger partial charge in [0.15, 0.2) is 0 Å². The van der Waals surface area contributed by atoms with Crippen LogP contribution >= 0.6 is 0 Å². The minimum atomic E-state index is 0.363. The summed E-state index contributed by atoms with van der Waals surface area (Å²) in [6.07, 6.45) is 7.93. The summed E-state index contributed by atoms with van der Waals surface area (Å²) in [4.78, 5) is 11.2. The number of anilines is 1. The van der Waals surface area contributed by atoms with Gasteiger partial charge in [-0.3, -0.25) is 4.68 Å². The van der Waals surface area contributed by atoms with Gasteiger partial charge in [-0.25, -0.2) is 4.98 Å². The number of likely N-dealkylation sites (tertiary alicyclic amines) is 1. The molecule has 8 heteroatoms. The number of nitrogens with two attached hydrogens (primary N) is 1. The molecule has 0 bridgehead atoms. The zero-order valence-electron chi connectivity index (χ0n) is 16.8. The molecule has 0 spiro atoms. The molecule has 8 nitrogen and oxygen atoms in total. The molecular weight excluding hydrogens is 378 g/mol. The van der Waals surface area contributed by atoms with Crippen LogP contribution in [0.5, 0.6) is 0 Å². The topological polar surface area (TPSA) is 98.9 Å². The predicted molar refractivity (Wildman–Crippen MR) is 114 cm³/mol. The molecule has 4 aromatic rings. The number of hydrogen-bond donors (Lipinski definition) is 1. The first-order valence-corrected chi connectivity index (χ1v) is 10.1. The maximum absolute atomic E-state index is 6.12. The number of aromatic nitrogens is 5. The number of piperidine rings is 1. The van der Waals surface area contributed by atoms with Crippen LogP contribution in [0.2, 0.25) is 0 Å². The van der Waals surface area contributed by atoms with Gasteiger partial charge < -0.3 is 15.2 Å². The van der Waals surface area contributed by atoms with Crippen LogP contribution in [0.25, 0.3) is 34.0 Å². The van der Waals surface area contributed by atoms with Crippen LogP contribution in [-0.4, -0.2) is 49.9 Å². The van der Waals surface area contributed by atoms with Gasteiger partial charge in [-0.2, -0.15) is 10.1 Å². The molecule has 5 rings (SSSR count). The van der Waals surface area contributed by atoms with Crippen molar-refractivity contribution in [3.8, 4) is 34.0 Å². The van der Waals surface area contributed by atoms with E-state index in [-0.39, 0.29) is 0 Å². The summed E-state index contributed by atoms with van der Waals surface area (Å²) in [5.74, 6) is 1.23. The largest absolute Gasteiger partial charge is 0.383 e. The highest BCUT2D eigenvalue weighted by atomic mass is 16.5. The summed E-state index contributed by atoms with van der Waals surface area (Å²) in [6, 6.07) is 12.0. The van der Waals surface area contributed by atoms with E-state index in [1.165, 1.54) is 0 Å². The third-order valence-corrected chi connectivity index (χ3v) is 5.60. The fourth-order valence-electron chi connectivity index (χ4n) is 3.79. The molecule has 30 heavy (non-hydrogen) atoms. The molecular formula is C22H23N7O. The van der Waals surface area contributed by atoms with E-state index >= 15 is 0 Å². The molecule has 152 valence electrons. The molecule has 1 aliphatic rings. The Labute approximate surface area is 174 Å². The van der Waals surface area contributed by atoms with E-state index < -0.39 is 0 Å². The lowest BCUT2D eigenvalue weighted by atomic mass is 10.1. The summed E-state index contributed by atoms with van der Waals surface area (Å²) in [6.45, 7) is 2.18. The van der Waals surface area contributed by atoms with Gasteiger partial charge in [-0.05, 0) is 51.2 Å². The van der Waals surface area contributed by atoms with Gasteiger partial charge in [0.1, 0.15) is 5.82 Å². The molecule has 0 saturated carbocycles. The van der Waals surface area contributed by atoms with E-state index in [9.17, 15) is 0 Å². The maximum Gasteiger partial charge on any atom is 0.258 e. The molecule has 1 aliphatic heterocycles. The van der Waals surface area contributed by atoms with Crippen LogP contribution in [0.15, 0.2) is 59.5 Å². The lowest BCUT2D eigenvalue weighted by molar-refractivity contribution is 0.212. The zero-order chi connectivity index (χ0) is 20.5. The van der Waals surface area contributed by atoms with E-state index in [0.29, 0.717) is 29.1 Å². The van der Waals surface area contributed by atoms with Crippen molar-refractivity contribution in [2.45, 2.75) is 18.9 Å². The van der Waals surface area contributed by atoms with Gasteiger partial charge in [0.05, 0.1) is 17.8 Å². The van der Waals surface area contributed by atoms with Gasteiger partial charge >= 0.3 is 0 Å². The average Bonchev–Trinajstić information content (AvgIpc) is 3.46. The lowest BCUT2D eigenvalue weighted by Gasteiger charge is -2.28. The summed E-state index contributed by atoms with van der Waals surface area (Å²) in [7, 11) is 2.16. The van der Waals surface area contributed by atoms with E-state index in [0.717, 1.165) is 42.6 Å². The van der Waals surface area contributed by atoms with Crippen molar-refractivity contribution in [3.63, 3.8) is 0 Å². The number of pyridine rings is 1. The summed E-state index contributed by atoms with van der Waals surface area (Å²) >= 11 is 0. The highest BCUT2D eigenvalue weighted by molar-refractivity contribution is 5.75. The summed E-state index contributed by atoms with van der Waals surface area (Å²) < 4.78 is 7.50. The Kier molecular flexibility index (Phi) is 4.76. The molecule has 3 aromatic heterocycles. The standard InChI is InChI=1S/C22H23N7O/c1-28-9-7-18(8-10-28)29-14-17(13-25-29)16-11-19(20(23)24-12-16)21-26-22(30-27-21)15-5-3-2-4-6-15/h2-6,11-14,18H,7-10H2,1H3,(H2,23,24). The van der Waals surface area contributed by atoms with Crippen molar-refractivity contribution in [1.29, 1.82) is 0 Å². The molecule has 0 radical (unpaired) electrons. The molecule has 1 aromatic carbocycles. The molecule has 2 N–H and O–H groups in total. The third-order valence-electron chi connectivity index (χ3n) is 5.60. The Morgan fingerprint density at radius 2 is 1.83 bits per heavy atom. The second-order valence-corrected chi connectivity index (χ2v) is 7.69. The third kappa shape index (κ3) is 3.57. The second kappa shape index (κ2) is 7.72. The number of benzene rings is 1. The van der Waals surface area contributed by atoms with Crippen LogP contribution in [0.1, 0.15) is 18.9 Å². The first-order valence-electron chi connectivity index (χ1n) is 10.1. The maximum atomic E-state index is 6.12. The molecule has 0 aliphatic carbocycles. The molecule has 0 unspecified atom stereocenters. The van der Waals surface area contributed by atoms with Crippen molar-refractivity contribution in [1.82, 2.24) is 29.8 Å². The average molecular weight is 401 g/mol. The lowest BCUT2D eigenvalue weighted by Crippen LogP contribution is -2.31. The Morgan fingerprint density at radius 1 is 1.03 bits per heavy atom. The number of rotatable bonds is 4. The zero-order valence-corrected chi connectivity index (χ0v) is 16.8. The van der Waals surface area contributed by atoms with Gasteiger partial charge in [0.25, 0.3) is 5.89 Å². The van der Waals surface area contributed by atoms with Gasteiger partial charge in [-0.1, -0.05) is 23.4 Å². The quantitative estimate of drug-likeness (QED) is 0.559. The minimum absolute atomic E-state index is 0.363. The second-order valence-electron chi connectivity index (χ2n) is 7.69. The molecule has 0 amide bonds. The van der Waals surface area contributed by atoms with Crippen LogP contribution < -0.4 is 5.73 Å². The SMILES string of the molecule is CN1CCC(n2cc(-c3cnc(N)c(-c4noc(-c5ccccc5)n4)c3)cn2)CC1. The Balaban J connectivity index is 1.43. The van der Waals surface area contributed by atoms with Crippen molar-refractivity contribution < 1.29 is 4.52 Å². The van der Waals surface area contributed by atoms with E-state index in [2.05, 4.69) is 43.0 Å². The minimum Gasteiger partial charge on any atom is -0.383 e. The Bertz CT molecular complexity index is 1140. The van der Waals surface area contributed by atoms with E-state index in [1.807, 2.05) is 42.6 Å². The monoisotopic (exact) mass is 401 g/mol. The Morgan fingerprint density at radius 3 is 2.63 bits per heavy atom. The number of nitrogen functional groups attached to an aromatic ring is 1. The molecule has 4 heterocycles. The van der Waals surface area contributed by atoms with Gasteiger partial charge in [-0.15, -0.1) is 0 Å². The van der Waals surface area contributed by atoms with Crippen molar-refractivity contribution in [3.05, 3.63) is 55.0 Å². The van der Waals surface area contributed by atoms with Crippen LogP contribution in [-0.2, 0) is 0 Å². The normalized spacial score (nSPS) is 15.5. The summed E-state index contributed by atoms with van der Waals surface area (Å²) in [5, 5.41) is 8.71. The Hall–Kier alpha value is -3.52. The molecule has 0 atom stereocenters. The predicted octanol–water partition coefficient (Wildman–Crippen LogP) is 3.51. The number of nitrogens with zero attached hydrogens (tertiary/aromatic N) is 6. The molecule has 1 fully saturated rings. The number of hydrogen-bond acceptors (Lipinski definition) is 7. The summed E-state index contributed by atoms with van der Waals surface area (Å²) in [5.41, 5.74) is 9.54. The first kappa shape index (κ1) is 18.5.